The maximum atomic E-state index is 3.64. The van der Waals surface area contributed by atoms with Crippen LogP contribution >= 0.6 is 0 Å². The SMILES string of the molecule is CC1CN(CCC2CC2)C(C2CC2)CN1. The number of rotatable bonds is 4. The number of hydrogen-bond acceptors (Lipinski definition) is 2. The molecule has 2 saturated carbocycles. The normalized spacial score (nSPS) is 38.2. The van der Waals surface area contributed by atoms with E-state index in [-0.39, 0.29) is 0 Å². The van der Waals surface area contributed by atoms with Crippen molar-refractivity contribution < 1.29 is 0 Å². The first-order chi connectivity index (χ1) is 7.33. The maximum absolute atomic E-state index is 3.64. The molecular weight excluding hydrogens is 184 g/mol. The highest BCUT2D eigenvalue weighted by atomic mass is 15.2. The Labute approximate surface area is 93.4 Å². The Balaban J connectivity index is 1.53. The molecule has 15 heavy (non-hydrogen) atoms. The first-order valence-corrected chi connectivity index (χ1v) is 6.80. The molecular formula is C13H24N2. The van der Waals surface area contributed by atoms with Gasteiger partial charge in [-0.05, 0) is 44.6 Å². The second-order valence-electron chi connectivity index (χ2n) is 5.94. The lowest BCUT2D eigenvalue weighted by molar-refractivity contribution is 0.116. The molecule has 0 amide bonds. The molecule has 0 aromatic heterocycles. The van der Waals surface area contributed by atoms with Gasteiger partial charge in [0, 0.05) is 25.2 Å². The first-order valence-electron chi connectivity index (χ1n) is 6.80. The largest absolute Gasteiger partial charge is 0.311 e. The van der Waals surface area contributed by atoms with E-state index < -0.39 is 0 Å². The summed E-state index contributed by atoms with van der Waals surface area (Å²) in [6.07, 6.45) is 7.46. The third kappa shape index (κ3) is 2.54. The highest BCUT2D eigenvalue weighted by molar-refractivity contribution is 4.94. The highest BCUT2D eigenvalue weighted by Crippen LogP contribution is 2.37. The van der Waals surface area contributed by atoms with Crippen molar-refractivity contribution in [1.29, 1.82) is 0 Å². The Bertz CT molecular complexity index is 221. The Kier molecular flexibility index (Phi) is 2.73. The van der Waals surface area contributed by atoms with Crippen molar-refractivity contribution in [2.24, 2.45) is 11.8 Å². The zero-order valence-electron chi connectivity index (χ0n) is 9.91. The minimum atomic E-state index is 0.708. The van der Waals surface area contributed by atoms with E-state index in [1.807, 2.05) is 0 Å². The van der Waals surface area contributed by atoms with Gasteiger partial charge in [-0.2, -0.15) is 0 Å². The maximum Gasteiger partial charge on any atom is 0.0249 e. The summed E-state index contributed by atoms with van der Waals surface area (Å²) >= 11 is 0. The van der Waals surface area contributed by atoms with E-state index in [1.165, 1.54) is 51.7 Å². The molecule has 2 atom stereocenters. The summed E-state index contributed by atoms with van der Waals surface area (Å²) in [4.78, 5) is 2.79. The van der Waals surface area contributed by atoms with Crippen LogP contribution < -0.4 is 5.32 Å². The van der Waals surface area contributed by atoms with Crippen LogP contribution in [0.2, 0.25) is 0 Å². The van der Waals surface area contributed by atoms with Crippen molar-refractivity contribution in [3.63, 3.8) is 0 Å². The number of hydrogen-bond donors (Lipinski definition) is 1. The molecule has 2 unspecified atom stereocenters. The average molecular weight is 208 g/mol. The van der Waals surface area contributed by atoms with Gasteiger partial charge in [0.25, 0.3) is 0 Å². The van der Waals surface area contributed by atoms with E-state index in [0.717, 1.165) is 17.9 Å². The molecule has 86 valence electrons. The quantitative estimate of drug-likeness (QED) is 0.758. The van der Waals surface area contributed by atoms with Gasteiger partial charge in [-0.1, -0.05) is 12.8 Å². The fourth-order valence-electron chi connectivity index (χ4n) is 2.96. The lowest BCUT2D eigenvalue weighted by Crippen LogP contribution is -2.56. The zero-order valence-corrected chi connectivity index (χ0v) is 9.91. The predicted molar refractivity (Wildman–Crippen MR) is 62.9 cm³/mol. The second-order valence-corrected chi connectivity index (χ2v) is 5.94. The Morgan fingerprint density at radius 1 is 1.20 bits per heavy atom. The molecule has 0 aromatic rings. The third-order valence-electron chi connectivity index (χ3n) is 4.34. The van der Waals surface area contributed by atoms with Crippen molar-refractivity contribution >= 4 is 0 Å². The van der Waals surface area contributed by atoms with Crippen molar-refractivity contribution in [3.05, 3.63) is 0 Å². The summed E-state index contributed by atoms with van der Waals surface area (Å²) in [6, 6.07) is 1.58. The summed E-state index contributed by atoms with van der Waals surface area (Å²) in [5.41, 5.74) is 0. The van der Waals surface area contributed by atoms with Crippen LogP contribution in [0.25, 0.3) is 0 Å². The van der Waals surface area contributed by atoms with Gasteiger partial charge in [-0.15, -0.1) is 0 Å². The number of nitrogens with one attached hydrogen (secondary N) is 1. The predicted octanol–water partition coefficient (Wildman–Crippen LogP) is 1.86. The van der Waals surface area contributed by atoms with Crippen LogP contribution in [0, 0.1) is 11.8 Å². The first kappa shape index (κ1) is 10.1. The third-order valence-corrected chi connectivity index (χ3v) is 4.34. The number of nitrogens with zero attached hydrogens (tertiary/aromatic N) is 1. The molecule has 1 heterocycles. The minimum absolute atomic E-state index is 0.708. The lowest BCUT2D eigenvalue weighted by atomic mass is 10.0. The minimum Gasteiger partial charge on any atom is -0.311 e. The van der Waals surface area contributed by atoms with E-state index in [0.29, 0.717) is 6.04 Å². The van der Waals surface area contributed by atoms with Crippen LogP contribution in [0.4, 0.5) is 0 Å². The number of piperazine rings is 1. The van der Waals surface area contributed by atoms with Gasteiger partial charge in [0.05, 0.1) is 0 Å². The zero-order chi connectivity index (χ0) is 10.3. The molecule has 0 aromatic carbocycles. The molecule has 2 aliphatic carbocycles. The van der Waals surface area contributed by atoms with Gasteiger partial charge in [0.15, 0.2) is 0 Å². The van der Waals surface area contributed by atoms with E-state index in [2.05, 4.69) is 17.1 Å². The van der Waals surface area contributed by atoms with Crippen molar-refractivity contribution in [3.8, 4) is 0 Å². The van der Waals surface area contributed by atoms with Gasteiger partial charge in [-0.3, -0.25) is 4.90 Å². The molecule has 0 spiro atoms. The molecule has 1 saturated heterocycles. The molecule has 1 aliphatic heterocycles. The van der Waals surface area contributed by atoms with E-state index in [9.17, 15) is 0 Å². The molecule has 3 aliphatic rings. The van der Waals surface area contributed by atoms with Gasteiger partial charge >= 0.3 is 0 Å². The van der Waals surface area contributed by atoms with Gasteiger partial charge in [0.2, 0.25) is 0 Å². The van der Waals surface area contributed by atoms with Gasteiger partial charge in [0.1, 0.15) is 0 Å². The fourth-order valence-corrected chi connectivity index (χ4v) is 2.96. The molecule has 2 heteroatoms. The van der Waals surface area contributed by atoms with Gasteiger partial charge < -0.3 is 5.32 Å². The van der Waals surface area contributed by atoms with E-state index in [1.54, 1.807) is 0 Å². The second kappa shape index (κ2) is 4.06. The van der Waals surface area contributed by atoms with Crippen LogP contribution in [0.5, 0.6) is 0 Å². The fraction of sp³-hybridized carbons (Fsp3) is 1.00. The summed E-state index contributed by atoms with van der Waals surface area (Å²) in [5.74, 6) is 2.12. The van der Waals surface area contributed by atoms with E-state index >= 15 is 0 Å². The molecule has 2 nitrogen and oxygen atoms in total. The smallest absolute Gasteiger partial charge is 0.0249 e. The van der Waals surface area contributed by atoms with E-state index in [4.69, 9.17) is 0 Å². The van der Waals surface area contributed by atoms with Crippen molar-refractivity contribution in [1.82, 2.24) is 10.2 Å². The topological polar surface area (TPSA) is 15.3 Å². The molecule has 0 radical (unpaired) electrons. The monoisotopic (exact) mass is 208 g/mol. The molecule has 3 fully saturated rings. The molecule has 1 N–H and O–H groups in total. The summed E-state index contributed by atoms with van der Waals surface area (Å²) in [6.45, 7) is 6.23. The average Bonchev–Trinajstić information content (AvgIpc) is 3.08. The Morgan fingerprint density at radius 3 is 2.67 bits per heavy atom. The van der Waals surface area contributed by atoms with Crippen LogP contribution in [-0.4, -0.2) is 36.6 Å². The van der Waals surface area contributed by atoms with Crippen molar-refractivity contribution in [2.45, 2.75) is 51.1 Å². The van der Waals surface area contributed by atoms with Gasteiger partial charge in [-0.25, -0.2) is 0 Å². The lowest BCUT2D eigenvalue weighted by Gasteiger charge is -2.39. The summed E-state index contributed by atoms with van der Waals surface area (Å²) in [5, 5.41) is 3.64. The van der Waals surface area contributed by atoms with Crippen LogP contribution in [0.15, 0.2) is 0 Å². The van der Waals surface area contributed by atoms with Crippen molar-refractivity contribution in [2.75, 3.05) is 19.6 Å². The van der Waals surface area contributed by atoms with Crippen LogP contribution in [-0.2, 0) is 0 Å². The standard InChI is InChI=1S/C13H24N2/c1-10-9-15(7-6-11-2-3-11)13(8-14-10)12-4-5-12/h10-14H,2-9H2,1H3. The molecule has 0 bridgehead atoms. The summed E-state index contributed by atoms with van der Waals surface area (Å²) in [7, 11) is 0. The Hall–Kier alpha value is -0.0800. The Morgan fingerprint density at radius 2 is 2.00 bits per heavy atom. The van der Waals surface area contributed by atoms with Crippen LogP contribution in [0.3, 0.4) is 0 Å². The van der Waals surface area contributed by atoms with Crippen LogP contribution in [0.1, 0.15) is 39.0 Å². The highest BCUT2D eigenvalue weighted by Gasteiger charge is 2.38. The summed E-state index contributed by atoms with van der Waals surface area (Å²) < 4.78 is 0. The molecule has 3 rings (SSSR count).